The molecular weight excluding hydrogens is 410 g/mol. The molecule has 0 bridgehead atoms. The molecule has 0 spiro atoms. The van der Waals surface area contributed by atoms with Gasteiger partial charge < -0.3 is 0 Å². The minimum Gasteiger partial charge on any atom is -0.272 e. The number of amidine groups is 2. The number of amides is 1. The maximum atomic E-state index is 12.7. The van der Waals surface area contributed by atoms with Gasteiger partial charge in [0.25, 0.3) is 11.5 Å². The van der Waals surface area contributed by atoms with Crippen LogP contribution >= 0.6 is 23.4 Å². The number of aromatic nitrogens is 2. The van der Waals surface area contributed by atoms with Crippen LogP contribution in [0.25, 0.3) is 5.65 Å². The Labute approximate surface area is 174 Å². The molecule has 1 aromatic carbocycles. The van der Waals surface area contributed by atoms with E-state index in [2.05, 4.69) is 15.0 Å². The summed E-state index contributed by atoms with van der Waals surface area (Å²) in [6.45, 7) is 1.77. The van der Waals surface area contributed by atoms with Crippen LogP contribution in [0, 0.1) is 0 Å². The lowest BCUT2D eigenvalue weighted by Crippen LogP contribution is -2.40. The van der Waals surface area contributed by atoms with Gasteiger partial charge in [-0.05, 0) is 31.2 Å². The number of nitrogens with zero attached hydrogens (tertiary/aromatic N) is 5. The van der Waals surface area contributed by atoms with Crippen molar-refractivity contribution in [1.82, 2.24) is 14.3 Å². The van der Waals surface area contributed by atoms with Gasteiger partial charge in [-0.1, -0.05) is 35.5 Å². The van der Waals surface area contributed by atoms with Crippen LogP contribution in [0.1, 0.15) is 18.2 Å². The molecule has 0 radical (unpaired) electrons. The Balaban J connectivity index is 1.49. The minimum atomic E-state index is -0.449. The number of aliphatic imine (C=N–C) groups is 2. The molecule has 7 nitrogen and oxygen atoms in total. The molecule has 0 unspecified atom stereocenters. The number of halogens is 1. The number of hydrogen-bond acceptors (Lipinski definition) is 6. The third-order valence-electron chi connectivity index (χ3n) is 4.68. The van der Waals surface area contributed by atoms with E-state index >= 15 is 0 Å². The summed E-state index contributed by atoms with van der Waals surface area (Å²) in [5.41, 5.74) is 2.52. The largest absolute Gasteiger partial charge is 0.272 e. The molecule has 5 rings (SSSR count). The van der Waals surface area contributed by atoms with Crippen LogP contribution in [0.5, 0.6) is 0 Å². The molecule has 1 amide bonds. The standard InChI is InChI=1S/C20H14ClN5O2S/c1-11-19(28)26-18(22-11)14-4-2-3-5-15(14)24-20(26)29-10-13-8-17(27)25-9-12(21)6-7-16(25)23-13/h2-9,11H,10H2,1H3/t11-/m1/s1. The smallest absolute Gasteiger partial charge is 0.258 e. The van der Waals surface area contributed by atoms with E-state index in [-0.39, 0.29) is 11.5 Å². The predicted octanol–water partition coefficient (Wildman–Crippen LogP) is 3.26. The van der Waals surface area contributed by atoms with E-state index in [1.807, 2.05) is 24.3 Å². The zero-order valence-corrected chi connectivity index (χ0v) is 16.8. The fourth-order valence-corrected chi connectivity index (χ4v) is 4.36. The van der Waals surface area contributed by atoms with Gasteiger partial charge in [-0.15, -0.1) is 0 Å². The average molecular weight is 424 g/mol. The first-order chi connectivity index (χ1) is 14.0. The van der Waals surface area contributed by atoms with E-state index < -0.39 is 6.04 Å². The Hall–Kier alpha value is -2.97. The summed E-state index contributed by atoms with van der Waals surface area (Å²) in [5.74, 6) is 0.902. The zero-order chi connectivity index (χ0) is 20.1. The second-order valence-corrected chi connectivity index (χ2v) is 8.04. The Morgan fingerprint density at radius 3 is 2.86 bits per heavy atom. The molecule has 9 heteroatoms. The number of fused-ring (bicyclic) bond motifs is 4. The van der Waals surface area contributed by atoms with E-state index in [1.165, 1.54) is 22.2 Å². The minimum absolute atomic E-state index is 0.109. The topological polar surface area (TPSA) is 79.4 Å². The molecule has 0 saturated heterocycles. The Bertz CT molecular complexity index is 1300. The van der Waals surface area contributed by atoms with Gasteiger partial charge >= 0.3 is 0 Å². The van der Waals surface area contributed by atoms with Crippen molar-refractivity contribution in [2.24, 2.45) is 9.98 Å². The van der Waals surface area contributed by atoms with Crippen molar-refractivity contribution < 1.29 is 4.79 Å². The molecule has 0 fully saturated rings. The van der Waals surface area contributed by atoms with E-state index in [4.69, 9.17) is 11.6 Å². The van der Waals surface area contributed by atoms with E-state index in [0.717, 1.165) is 11.3 Å². The summed E-state index contributed by atoms with van der Waals surface area (Å²) < 4.78 is 1.40. The molecule has 2 aliphatic rings. The van der Waals surface area contributed by atoms with E-state index in [1.54, 1.807) is 30.2 Å². The second kappa shape index (κ2) is 6.82. The highest BCUT2D eigenvalue weighted by molar-refractivity contribution is 8.13. The van der Waals surface area contributed by atoms with Crippen molar-refractivity contribution in [2.75, 3.05) is 0 Å². The number of benzene rings is 1. The fraction of sp³-hybridized carbons (Fsp3) is 0.150. The van der Waals surface area contributed by atoms with Crippen molar-refractivity contribution in [2.45, 2.75) is 18.7 Å². The van der Waals surface area contributed by atoms with Crippen LogP contribution in [0.15, 0.2) is 63.4 Å². The SMILES string of the molecule is C[C@H]1N=C2c3ccccc3N=C(SCc3cc(=O)n4cc(Cl)ccc4n3)N2C1=O. The number of rotatable bonds is 2. The van der Waals surface area contributed by atoms with E-state index in [9.17, 15) is 9.59 Å². The highest BCUT2D eigenvalue weighted by atomic mass is 35.5. The summed E-state index contributed by atoms with van der Waals surface area (Å²) in [6, 6.07) is 12.0. The first kappa shape index (κ1) is 18.1. The van der Waals surface area contributed by atoms with Crippen LogP contribution in [0.3, 0.4) is 0 Å². The third kappa shape index (κ3) is 3.04. The third-order valence-corrected chi connectivity index (χ3v) is 5.88. The van der Waals surface area contributed by atoms with Gasteiger partial charge in [0.05, 0.1) is 16.4 Å². The monoisotopic (exact) mass is 423 g/mol. The molecular formula is C20H14ClN5O2S. The highest BCUT2D eigenvalue weighted by Crippen LogP contribution is 2.34. The van der Waals surface area contributed by atoms with Crippen LogP contribution < -0.4 is 5.56 Å². The molecule has 0 saturated carbocycles. The number of carbonyl (C=O) groups excluding carboxylic acids is 1. The average Bonchev–Trinajstić information content (AvgIpc) is 3.02. The molecule has 2 aromatic heterocycles. The molecule has 0 aliphatic carbocycles. The summed E-state index contributed by atoms with van der Waals surface area (Å²) in [5, 5.41) is 1.00. The van der Waals surface area contributed by atoms with Crippen molar-refractivity contribution >= 4 is 51.6 Å². The van der Waals surface area contributed by atoms with Crippen molar-refractivity contribution in [3.8, 4) is 0 Å². The Kier molecular flexibility index (Phi) is 4.25. The quantitative estimate of drug-likeness (QED) is 0.633. The Morgan fingerprint density at radius 2 is 2.00 bits per heavy atom. The first-order valence-electron chi connectivity index (χ1n) is 8.92. The summed E-state index contributed by atoms with van der Waals surface area (Å²) >= 11 is 7.31. The summed E-state index contributed by atoms with van der Waals surface area (Å²) in [6.07, 6.45) is 1.54. The normalized spacial score (nSPS) is 17.8. The molecule has 29 heavy (non-hydrogen) atoms. The van der Waals surface area contributed by atoms with Crippen molar-refractivity contribution in [3.05, 3.63) is 75.3 Å². The molecule has 0 N–H and O–H groups in total. The van der Waals surface area contributed by atoms with Gasteiger partial charge in [-0.3, -0.25) is 19.0 Å². The van der Waals surface area contributed by atoms with E-state index in [0.29, 0.717) is 33.1 Å². The van der Waals surface area contributed by atoms with Gasteiger partial charge in [0.2, 0.25) is 0 Å². The maximum Gasteiger partial charge on any atom is 0.258 e. The molecule has 4 heterocycles. The van der Waals surface area contributed by atoms with Crippen LogP contribution in [-0.4, -0.2) is 37.2 Å². The predicted molar refractivity (Wildman–Crippen MR) is 114 cm³/mol. The summed E-state index contributed by atoms with van der Waals surface area (Å²) in [7, 11) is 0. The van der Waals surface area contributed by atoms with Crippen LogP contribution in [0.4, 0.5) is 5.69 Å². The molecule has 3 aromatic rings. The van der Waals surface area contributed by atoms with Gasteiger partial charge in [0.1, 0.15) is 17.5 Å². The van der Waals surface area contributed by atoms with Crippen molar-refractivity contribution in [3.63, 3.8) is 0 Å². The first-order valence-corrected chi connectivity index (χ1v) is 10.3. The highest BCUT2D eigenvalue weighted by Gasteiger charge is 2.39. The zero-order valence-electron chi connectivity index (χ0n) is 15.2. The molecule has 1 atom stereocenters. The van der Waals surface area contributed by atoms with Crippen molar-refractivity contribution in [1.29, 1.82) is 0 Å². The maximum absolute atomic E-state index is 12.7. The molecule has 2 aliphatic heterocycles. The van der Waals surface area contributed by atoms with Gasteiger partial charge in [-0.2, -0.15) is 0 Å². The number of carbonyl (C=O) groups is 1. The van der Waals surface area contributed by atoms with Gasteiger partial charge in [-0.25, -0.2) is 14.9 Å². The lowest BCUT2D eigenvalue weighted by atomic mass is 10.1. The lowest BCUT2D eigenvalue weighted by molar-refractivity contribution is -0.124. The number of pyridine rings is 1. The van der Waals surface area contributed by atoms with Crippen LogP contribution in [0.2, 0.25) is 5.02 Å². The Morgan fingerprint density at radius 1 is 1.17 bits per heavy atom. The second-order valence-electron chi connectivity index (χ2n) is 6.66. The number of thioether (sulfide) groups is 1. The van der Waals surface area contributed by atoms with Gasteiger partial charge in [0, 0.05) is 23.6 Å². The number of para-hydroxylation sites is 1. The summed E-state index contributed by atoms with van der Waals surface area (Å²) in [4.78, 5) is 40.3. The van der Waals surface area contributed by atoms with Gasteiger partial charge in [0.15, 0.2) is 5.17 Å². The van der Waals surface area contributed by atoms with Crippen LogP contribution in [-0.2, 0) is 10.5 Å². The fourth-order valence-electron chi connectivity index (χ4n) is 3.31. The number of hydrogen-bond donors (Lipinski definition) is 0. The molecule has 144 valence electrons. The lowest BCUT2D eigenvalue weighted by Gasteiger charge is -2.25.